The molecule has 1 aliphatic carbocycles. The van der Waals surface area contributed by atoms with E-state index in [9.17, 15) is 14.4 Å². The topological polar surface area (TPSA) is 76.2 Å². The molecule has 1 saturated carbocycles. The number of fused-ring (bicyclic) bond motifs is 1. The summed E-state index contributed by atoms with van der Waals surface area (Å²) in [6.07, 6.45) is 5.90. The molecule has 4 heterocycles. The average Bonchev–Trinajstić information content (AvgIpc) is 3.39. The number of amides is 1. The predicted molar refractivity (Wildman–Crippen MR) is 117 cm³/mol. The zero-order chi connectivity index (χ0) is 22.6. The van der Waals surface area contributed by atoms with Gasteiger partial charge in [-0.2, -0.15) is 0 Å². The molecule has 0 aromatic heterocycles. The van der Waals surface area contributed by atoms with Gasteiger partial charge in [-0.3, -0.25) is 9.59 Å². The molecule has 4 aliphatic heterocycles. The van der Waals surface area contributed by atoms with E-state index < -0.39 is 0 Å². The van der Waals surface area contributed by atoms with Crippen molar-refractivity contribution >= 4 is 17.8 Å². The summed E-state index contributed by atoms with van der Waals surface area (Å²) in [5.41, 5.74) is 1.06. The van der Waals surface area contributed by atoms with E-state index in [4.69, 9.17) is 9.47 Å². The third-order valence-electron chi connectivity index (χ3n) is 9.30. The summed E-state index contributed by atoms with van der Waals surface area (Å²) in [7, 11) is 0. The molecule has 0 aromatic rings. The first-order chi connectivity index (χ1) is 15.3. The van der Waals surface area contributed by atoms with Crippen LogP contribution < -0.4 is 0 Å². The van der Waals surface area contributed by atoms with Gasteiger partial charge in [-0.05, 0) is 83.8 Å². The second-order valence-corrected chi connectivity index (χ2v) is 10.9. The van der Waals surface area contributed by atoms with Crippen LogP contribution in [0, 0.1) is 29.1 Å². The quantitative estimate of drug-likeness (QED) is 0.621. The molecule has 1 amide bonds. The van der Waals surface area contributed by atoms with Gasteiger partial charge >= 0.3 is 11.9 Å². The second kappa shape index (κ2) is 8.15. The molecule has 1 spiro atoms. The van der Waals surface area contributed by atoms with E-state index in [1.54, 1.807) is 6.92 Å². The van der Waals surface area contributed by atoms with Gasteiger partial charge in [-0.1, -0.05) is 6.92 Å². The first kappa shape index (κ1) is 21.9. The number of hydrogen-bond donors (Lipinski definition) is 0. The van der Waals surface area contributed by atoms with Gasteiger partial charge in [0.15, 0.2) is 0 Å². The summed E-state index contributed by atoms with van der Waals surface area (Å²) in [6.45, 7) is 9.96. The fourth-order valence-electron chi connectivity index (χ4n) is 7.12. The van der Waals surface area contributed by atoms with Gasteiger partial charge in [0.25, 0.3) is 0 Å². The summed E-state index contributed by atoms with van der Waals surface area (Å²) in [6, 6.07) is 0.112. The summed E-state index contributed by atoms with van der Waals surface area (Å²) < 4.78 is 10.5. The van der Waals surface area contributed by atoms with Crippen molar-refractivity contribution in [1.82, 2.24) is 9.80 Å². The molecule has 7 heteroatoms. The maximum absolute atomic E-state index is 13.5. The van der Waals surface area contributed by atoms with Gasteiger partial charge in [0.05, 0.1) is 29.2 Å². The molecule has 5 unspecified atom stereocenters. The lowest BCUT2D eigenvalue weighted by Crippen LogP contribution is -2.45. The average molecular weight is 445 g/mol. The van der Waals surface area contributed by atoms with Crippen molar-refractivity contribution in [3.05, 3.63) is 11.3 Å². The molecule has 5 aliphatic rings. The number of hydrogen-bond acceptors (Lipinski definition) is 6. The van der Waals surface area contributed by atoms with E-state index in [2.05, 4.69) is 18.7 Å². The molecule has 5 rings (SSSR count). The van der Waals surface area contributed by atoms with Gasteiger partial charge in [-0.15, -0.1) is 0 Å². The maximum atomic E-state index is 13.5. The Morgan fingerprint density at radius 3 is 2.50 bits per heavy atom. The van der Waals surface area contributed by atoms with Crippen molar-refractivity contribution in [2.45, 2.75) is 65.3 Å². The molecule has 7 nitrogen and oxygen atoms in total. The molecular formula is C25H36N2O5. The molecule has 4 fully saturated rings. The molecule has 5 atom stereocenters. The number of piperidine rings is 1. The number of rotatable bonds is 4. The normalized spacial score (nSPS) is 37.3. The minimum absolute atomic E-state index is 0.0191. The summed E-state index contributed by atoms with van der Waals surface area (Å²) in [4.78, 5) is 41.6. The van der Waals surface area contributed by atoms with E-state index in [1.165, 1.54) is 0 Å². The van der Waals surface area contributed by atoms with Crippen molar-refractivity contribution in [3.8, 4) is 0 Å². The molecule has 176 valence electrons. The Hall–Kier alpha value is -1.89. The Morgan fingerprint density at radius 2 is 1.81 bits per heavy atom. The van der Waals surface area contributed by atoms with Crippen LogP contribution in [0.1, 0.15) is 59.3 Å². The van der Waals surface area contributed by atoms with Crippen LogP contribution in [0.15, 0.2) is 11.3 Å². The highest BCUT2D eigenvalue weighted by Gasteiger charge is 2.53. The highest BCUT2D eigenvalue weighted by Crippen LogP contribution is 2.47. The zero-order valence-electron chi connectivity index (χ0n) is 19.6. The Balaban J connectivity index is 1.16. The number of ether oxygens (including phenoxy) is 2. The first-order valence-electron chi connectivity index (χ1n) is 12.4. The van der Waals surface area contributed by atoms with E-state index in [-0.39, 0.29) is 41.8 Å². The van der Waals surface area contributed by atoms with E-state index in [0.717, 1.165) is 63.9 Å². The standard InChI is InChI=1S/C25H36N2O5/c1-15-12-25(24(30)27(15)21-14-32-22(28)17(21)3)7-10-26(11-8-25)9-6-18-4-5-19-20(16(18)2)13-31-23(19)29/h15-16,18-20H,4-14H2,1-3H3. The lowest BCUT2D eigenvalue weighted by molar-refractivity contribution is -0.142. The lowest BCUT2D eigenvalue weighted by Gasteiger charge is -2.40. The van der Waals surface area contributed by atoms with Crippen molar-refractivity contribution in [3.63, 3.8) is 0 Å². The van der Waals surface area contributed by atoms with Crippen molar-refractivity contribution in [2.75, 3.05) is 32.8 Å². The lowest BCUT2D eigenvalue weighted by atomic mass is 9.67. The van der Waals surface area contributed by atoms with Crippen molar-refractivity contribution < 1.29 is 23.9 Å². The van der Waals surface area contributed by atoms with Crippen LogP contribution in [-0.4, -0.2) is 66.5 Å². The monoisotopic (exact) mass is 444 g/mol. The minimum atomic E-state index is -0.299. The van der Waals surface area contributed by atoms with Gasteiger partial charge < -0.3 is 19.3 Å². The van der Waals surface area contributed by atoms with Crippen LogP contribution in [0.25, 0.3) is 0 Å². The Bertz CT molecular complexity index is 843. The van der Waals surface area contributed by atoms with Gasteiger partial charge in [0.1, 0.15) is 6.61 Å². The van der Waals surface area contributed by atoms with E-state index in [0.29, 0.717) is 29.9 Å². The molecule has 0 N–H and O–H groups in total. The van der Waals surface area contributed by atoms with Gasteiger partial charge in [-0.25, -0.2) is 4.79 Å². The summed E-state index contributed by atoms with van der Waals surface area (Å²) in [5, 5.41) is 0. The summed E-state index contributed by atoms with van der Waals surface area (Å²) >= 11 is 0. The number of cyclic esters (lactones) is 2. The first-order valence-corrected chi connectivity index (χ1v) is 12.4. The zero-order valence-corrected chi connectivity index (χ0v) is 19.6. The third-order valence-corrected chi connectivity index (χ3v) is 9.30. The van der Waals surface area contributed by atoms with Crippen molar-refractivity contribution in [1.29, 1.82) is 0 Å². The highest BCUT2D eigenvalue weighted by atomic mass is 16.5. The van der Waals surface area contributed by atoms with E-state index in [1.807, 2.05) is 4.90 Å². The SMILES string of the molecule is CC1=C(N2C(=O)C3(CCN(CCC4CCC5C(=O)OCC5C4C)CC3)CC2C)COC1=O. The van der Waals surface area contributed by atoms with Gasteiger partial charge in [0, 0.05) is 12.0 Å². The molecule has 0 bridgehead atoms. The maximum Gasteiger partial charge on any atom is 0.336 e. The number of carbonyl (C=O) groups excluding carboxylic acids is 3. The number of esters is 2. The van der Waals surface area contributed by atoms with Crippen LogP contribution in [-0.2, 0) is 23.9 Å². The second-order valence-electron chi connectivity index (χ2n) is 10.9. The molecule has 0 aromatic carbocycles. The van der Waals surface area contributed by atoms with Gasteiger partial charge in [0.2, 0.25) is 5.91 Å². The number of carbonyl (C=O) groups is 3. The Morgan fingerprint density at radius 1 is 1.06 bits per heavy atom. The van der Waals surface area contributed by atoms with Crippen LogP contribution >= 0.6 is 0 Å². The fraction of sp³-hybridized carbons (Fsp3) is 0.800. The van der Waals surface area contributed by atoms with Crippen LogP contribution in [0.3, 0.4) is 0 Å². The molecule has 32 heavy (non-hydrogen) atoms. The largest absolute Gasteiger partial charge is 0.465 e. The van der Waals surface area contributed by atoms with Crippen LogP contribution in [0.4, 0.5) is 0 Å². The molecule has 3 saturated heterocycles. The van der Waals surface area contributed by atoms with Crippen LogP contribution in [0.2, 0.25) is 0 Å². The number of nitrogens with zero attached hydrogens (tertiary/aromatic N) is 2. The van der Waals surface area contributed by atoms with Crippen molar-refractivity contribution in [2.24, 2.45) is 29.1 Å². The fourth-order valence-corrected chi connectivity index (χ4v) is 7.12. The van der Waals surface area contributed by atoms with Crippen LogP contribution in [0.5, 0.6) is 0 Å². The molecule has 0 radical (unpaired) electrons. The Labute approximate surface area is 190 Å². The Kier molecular flexibility index (Phi) is 5.59. The predicted octanol–water partition coefficient (Wildman–Crippen LogP) is 2.75. The van der Waals surface area contributed by atoms with E-state index >= 15 is 0 Å². The smallest absolute Gasteiger partial charge is 0.336 e. The minimum Gasteiger partial charge on any atom is -0.465 e. The third kappa shape index (κ3) is 3.47. The summed E-state index contributed by atoms with van der Waals surface area (Å²) in [5.74, 6) is 1.64. The highest BCUT2D eigenvalue weighted by molar-refractivity contribution is 5.94. The molecular weight excluding hydrogens is 408 g/mol. The number of likely N-dealkylation sites (tertiary alicyclic amines) is 2.